The highest BCUT2D eigenvalue weighted by Crippen LogP contribution is 2.23. The van der Waals surface area contributed by atoms with Crippen LogP contribution in [0.3, 0.4) is 0 Å². The van der Waals surface area contributed by atoms with E-state index in [1.165, 1.54) is 0 Å². The molecular formula is C18H18ClN3O2. The van der Waals surface area contributed by atoms with Gasteiger partial charge in [0.1, 0.15) is 0 Å². The fourth-order valence-corrected chi connectivity index (χ4v) is 2.73. The minimum absolute atomic E-state index is 0.144. The molecule has 1 aliphatic rings. The summed E-state index contributed by atoms with van der Waals surface area (Å²) < 4.78 is 0. The van der Waals surface area contributed by atoms with Crippen LogP contribution in [0.15, 0.2) is 48.5 Å². The lowest BCUT2D eigenvalue weighted by Crippen LogP contribution is -2.24. The predicted octanol–water partition coefficient (Wildman–Crippen LogP) is 3.52. The van der Waals surface area contributed by atoms with Gasteiger partial charge in [0.25, 0.3) is 0 Å². The Bertz CT molecular complexity index is 729. The number of carbonyl (C=O) groups is 2. The second kappa shape index (κ2) is 7.36. The molecule has 0 aromatic heterocycles. The van der Waals surface area contributed by atoms with Crippen molar-refractivity contribution in [1.82, 2.24) is 0 Å². The zero-order valence-electron chi connectivity index (χ0n) is 13.1. The van der Waals surface area contributed by atoms with E-state index in [0.29, 0.717) is 17.1 Å². The van der Waals surface area contributed by atoms with Crippen LogP contribution in [0.4, 0.5) is 17.1 Å². The lowest BCUT2D eigenvalue weighted by molar-refractivity contribution is -0.117. The summed E-state index contributed by atoms with van der Waals surface area (Å²) in [4.78, 5) is 25.5. The fourth-order valence-electron chi connectivity index (χ4n) is 2.60. The topological polar surface area (TPSA) is 61.4 Å². The van der Waals surface area contributed by atoms with Gasteiger partial charge in [0.2, 0.25) is 11.8 Å². The number of halogens is 1. The van der Waals surface area contributed by atoms with Crippen molar-refractivity contribution in [2.45, 2.75) is 12.8 Å². The monoisotopic (exact) mass is 343 g/mol. The van der Waals surface area contributed by atoms with Gasteiger partial charge in [-0.05, 0) is 55.0 Å². The van der Waals surface area contributed by atoms with Gasteiger partial charge in [-0.2, -0.15) is 0 Å². The van der Waals surface area contributed by atoms with Crippen LogP contribution < -0.4 is 15.5 Å². The Labute approximate surface area is 145 Å². The van der Waals surface area contributed by atoms with Crippen LogP contribution in [0.5, 0.6) is 0 Å². The third-order valence-electron chi connectivity index (χ3n) is 3.83. The summed E-state index contributed by atoms with van der Waals surface area (Å²) in [5, 5.41) is 6.51. The van der Waals surface area contributed by atoms with E-state index in [1.54, 1.807) is 29.2 Å². The number of benzene rings is 2. The molecule has 2 amide bonds. The molecular weight excluding hydrogens is 326 g/mol. The summed E-state index contributed by atoms with van der Waals surface area (Å²) in [6.45, 7) is 0.920. The number of rotatable bonds is 5. The van der Waals surface area contributed by atoms with Gasteiger partial charge < -0.3 is 15.5 Å². The molecule has 0 bridgehead atoms. The molecule has 0 spiro atoms. The van der Waals surface area contributed by atoms with Gasteiger partial charge in [-0.1, -0.05) is 11.6 Å². The van der Waals surface area contributed by atoms with Crippen molar-refractivity contribution >= 4 is 40.5 Å². The minimum Gasteiger partial charge on any atom is -0.376 e. The fraction of sp³-hybridized carbons (Fsp3) is 0.222. The molecule has 1 heterocycles. The van der Waals surface area contributed by atoms with Crippen molar-refractivity contribution in [2.75, 3.05) is 28.6 Å². The molecule has 6 heteroatoms. The molecule has 0 unspecified atom stereocenters. The van der Waals surface area contributed by atoms with Gasteiger partial charge in [0, 0.05) is 35.1 Å². The summed E-state index contributed by atoms with van der Waals surface area (Å²) in [6, 6.07) is 14.5. The number of hydrogen-bond donors (Lipinski definition) is 2. The second-order valence-electron chi connectivity index (χ2n) is 5.60. The summed E-state index contributed by atoms with van der Waals surface area (Å²) in [6.07, 6.45) is 1.50. The van der Waals surface area contributed by atoms with E-state index in [1.807, 2.05) is 24.3 Å². The average Bonchev–Trinajstić information content (AvgIpc) is 3.01. The molecule has 1 aliphatic heterocycles. The van der Waals surface area contributed by atoms with Crippen LogP contribution >= 0.6 is 11.6 Å². The lowest BCUT2D eigenvalue weighted by Gasteiger charge is -2.16. The molecule has 0 aliphatic carbocycles. The number of amides is 2. The van der Waals surface area contributed by atoms with Crippen molar-refractivity contribution in [3.05, 3.63) is 53.6 Å². The third kappa shape index (κ3) is 4.06. The Morgan fingerprint density at radius 1 is 1.04 bits per heavy atom. The molecule has 124 valence electrons. The first-order chi connectivity index (χ1) is 11.6. The molecule has 0 atom stereocenters. The molecule has 2 aromatic rings. The average molecular weight is 344 g/mol. The van der Waals surface area contributed by atoms with Crippen molar-refractivity contribution in [3.8, 4) is 0 Å². The SMILES string of the molecule is O=C(CNc1ccc(Cl)cc1)Nc1ccc(N2CCCC2=O)cc1. The van der Waals surface area contributed by atoms with Crippen LogP contribution in [-0.4, -0.2) is 24.9 Å². The first kappa shape index (κ1) is 16.3. The second-order valence-corrected chi connectivity index (χ2v) is 6.04. The molecule has 24 heavy (non-hydrogen) atoms. The normalized spacial score (nSPS) is 13.9. The minimum atomic E-state index is -0.144. The first-order valence-electron chi connectivity index (χ1n) is 7.81. The van der Waals surface area contributed by atoms with E-state index < -0.39 is 0 Å². The van der Waals surface area contributed by atoms with E-state index in [4.69, 9.17) is 11.6 Å². The molecule has 1 fully saturated rings. The van der Waals surface area contributed by atoms with Crippen molar-refractivity contribution < 1.29 is 9.59 Å². The van der Waals surface area contributed by atoms with E-state index in [2.05, 4.69) is 10.6 Å². The highest BCUT2D eigenvalue weighted by atomic mass is 35.5. The smallest absolute Gasteiger partial charge is 0.243 e. The van der Waals surface area contributed by atoms with Crippen LogP contribution in [0.25, 0.3) is 0 Å². The van der Waals surface area contributed by atoms with Gasteiger partial charge >= 0.3 is 0 Å². The Hall–Kier alpha value is -2.53. The number of anilines is 3. The first-order valence-corrected chi connectivity index (χ1v) is 8.19. The Morgan fingerprint density at radius 2 is 1.71 bits per heavy atom. The van der Waals surface area contributed by atoms with Crippen molar-refractivity contribution in [2.24, 2.45) is 0 Å². The van der Waals surface area contributed by atoms with Crippen LogP contribution in [0.1, 0.15) is 12.8 Å². The number of carbonyl (C=O) groups excluding carboxylic acids is 2. The zero-order valence-corrected chi connectivity index (χ0v) is 13.8. The van der Waals surface area contributed by atoms with Crippen LogP contribution in [-0.2, 0) is 9.59 Å². The zero-order chi connectivity index (χ0) is 16.9. The maximum absolute atomic E-state index is 12.0. The van der Waals surface area contributed by atoms with E-state index in [9.17, 15) is 9.59 Å². The lowest BCUT2D eigenvalue weighted by atomic mass is 10.2. The van der Waals surface area contributed by atoms with Gasteiger partial charge in [-0.25, -0.2) is 0 Å². The Morgan fingerprint density at radius 3 is 2.33 bits per heavy atom. The van der Waals surface area contributed by atoms with E-state index in [0.717, 1.165) is 24.3 Å². The van der Waals surface area contributed by atoms with Gasteiger partial charge in [-0.15, -0.1) is 0 Å². The standard InChI is InChI=1S/C18H18ClN3O2/c19-13-3-5-14(6-4-13)20-12-17(23)21-15-7-9-16(10-8-15)22-11-1-2-18(22)24/h3-10,20H,1-2,11-12H2,(H,21,23). The molecule has 2 aromatic carbocycles. The molecule has 3 rings (SSSR count). The van der Waals surface area contributed by atoms with Crippen LogP contribution in [0, 0.1) is 0 Å². The summed E-state index contributed by atoms with van der Waals surface area (Å²) in [7, 11) is 0. The van der Waals surface area contributed by atoms with Crippen molar-refractivity contribution in [3.63, 3.8) is 0 Å². The number of nitrogens with one attached hydrogen (secondary N) is 2. The number of hydrogen-bond acceptors (Lipinski definition) is 3. The largest absolute Gasteiger partial charge is 0.376 e. The van der Waals surface area contributed by atoms with Crippen LogP contribution in [0.2, 0.25) is 5.02 Å². The molecule has 0 radical (unpaired) electrons. The van der Waals surface area contributed by atoms with Gasteiger partial charge in [-0.3, -0.25) is 9.59 Å². The highest BCUT2D eigenvalue weighted by Gasteiger charge is 2.21. The third-order valence-corrected chi connectivity index (χ3v) is 4.09. The summed E-state index contributed by atoms with van der Waals surface area (Å²) in [5.41, 5.74) is 2.40. The van der Waals surface area contributed by atoms with Crippen molar-refractivity contribution in [1.29, 1.82) is 0 Å². The van der Waals surface area contributed by atoms with Gasteiger partial charge in [0.15, 0.2) is 0 Å². The Balaban J connectivity index is 1.52. The molecule has 5 nitrogen and oxygen atoms in total. The summed E-state index contributed by atoms with van der Waals surface area (Å²) in [5.74, 6) is 0.00824. The highest BCUT2D eigenvalue weighted by molar-refractivity contribution is 6.30. The quantitative estimate of drug-likeness (QED) is 0.873. The molecule has 1 saturated heterocycles. The number of nitrogens with zero attached hydrogens (tertiary/aromatic N) is 1. The maximum atomic E-state index is 12.0. The molecule has 0 saturated carbocycles. The predicted molar refractivity (Wildman–Crippen MR) is 96.6 cm³/mol. The Kier molecular flexibility index (Phi) is 5.01. The maximum Gasteiger partial charge on any atom is 0.243 e. The van der Waals surface area contributed by atoms with E-state index >= 15 is 0 Å². The summed E-state index contributed by atoms with van der Waals surface area (Å²) >= 11 is 5.82. The molecule has 2 N–H and O–H groups in total. The van der Waals surface area contributed by atoms with Gasteiger partial charge in [0.05, 0.1) is 6.54 Å². The van der Waals surface area contributed by atoms with E-state index in [-0.39, 0.29) is 18.4 Å².